The fraction of sp³-hybridized carbons (Fsp3) is 0.441. The molecular weight excluding hydrogens is 627 g/mol. The zero-order valence-corrected chi connectivity index (χ0v) is 26.8. The monoisotopic (exact) mass is 665 g/mol. The number of anilines is 1. The van der Waals surface area contributed by atoms with Crippen molar-refractivity contribution in [3.05, 3.63) is 76.9 Å². The van der Waals surface area contributed by atoms with Gasteiger partial charge in [-0.1, -0.05) is 13.0 Å². The van der Waals surface area contributed by atoms with E-state index >= 15 is 0 Å². The highest BCUT2D eigenvalue weighted by Gasteiger charge is 2.40. The number of piperazine rings is 1. The number of aliphatic hydroxyl groups is 1. The Morgan fingerprint density at radius 1 is 1.15 bits per heavy atom. The number of carbonyl (C=O) groups is 1. The molecule has 0 radical (unpaired) electrons. The fourth-order valence-electron chi connectivity index (χ4n) is 6.57. The molecule has 0 spiro atoms. The number of aromatic amines is 1. The van der Waals surface area contributed by atoms with Crippen LogP contribution in [0.3, 0.4) is 0 Å². The maximum atomic E-state index is 14.2. The normalized spacial score (nSPS) is 20.0. The molecule has 2 saturated heterocycles. The van der Waals surface area contributed by atoms with Crippen molar-refractivity contribution in [2.24, 2.45) is 0 Å². The molecule has 4 aromatic rings. The first-order chi connectivity index (χ1) is 23.0. The highest BCUT2D eigenvalue weighted by Crippen LogP contribution is 2.38. The molecule has 1 aromatic carbocycles. The zero-order valence-electron chi connectivity index (χ0n) is 26.8. The molecule has 48 heavy (non-hydrogen) atoms. The lowest BCUT2D eigenvalue weighted by Gasteiger charge is -2.35. The van der Waals surface area contributed by atoms with Gasteiger partial charge in [-0.2, -0.15) is 13.2 Å². The summed E-state index contributed by atoms with van der Waals surface area (Å²) < 4.78 is 53.9. The van der Waals surface area contributed by atoms with Crippen LogP contribution in [0.15, 0.2) is 48.8 Å². The van der Waals surface area contributed by atoms with Gasteiger partial charge in [-0.05, 0) is 54.9 Å². The number of alkyl halides is 3. The third-order valence-corrected chi connectivity index (χ3v) is 9.50. The summed E-state index contributed by atoms with van der Waals surface area (Å²) in [5.41, 5.74) is 1.25. The van der Waals surface area contributed by atoms with E-state index in [1.807, 2.05) is 24.9 Å². The van der Waals surface area contributed by atoms with Crippen LogP contribution in [-0.2, 0) is 29.6 Å². The molecule has 0 unspecified atom stereocenters. The van der Waals surface area contributed by atoms with Gasteiger partial charge < -0.3 is 34.7 Å². The average molecular weight is 666 g/mol. The second kappa shape index (κ2) is 12.7. The van der Waals surface area contributed by atoms with E-state index in [0.29, 0.717) is 54.3 Å². The maximum absolute atomic E-state index is 14.2. The Hall–Kier alpha value is -4.24. The van der Waals surface area contributed by atoms with E-state index in [2.05, 4.69) is 20.2 Å². The molecule has 3 N–H and O–H groups in total. The minimum Gasteiger partial charge on any atom is -0.455 e. The number of benzene rings is 1. The Balaban J connectivity index is 1.08. The van der Waals surface area contributed by atoms with Gasteiger partial charge in [0.1, 0.15) is 17.1 Å². The second-order valence-corrected chi connectivity index (χ2v) is 13.0. The minimum absolute atomic E-state index is 0.0597. The first kappa shape index (κ1) is 32.3. The number of nitrogens with zero attached hydrogens (tertiary/aromatic N) is 5. The lowest BCUT2D eigenvalue weighted by atomic mass is 9.92. The maximum Gasteiger partial charge on any atom is 0.416 e. The molecule has 14 heteroatoms. The second-order valence-electron chi connectivity index (χ2n) is 13.0. The molecule has 3 aromatic heterocycles. The molecule has 11 nitrogen and oxygen atoms in total. The Morgan fingerprint density at radius 3 is 2.65 bits per heavy atom. The first-order valence-electron chi connectivity index (χ1n) is 16.1. The van der Waals surface area contributed by atoms with Crippen molar-refractivity contribution in [1.82, 2.24) is 29.7 Å². The van der Waals surface area contributed by atoms with Crippen LogP contribution in [0.5, 0.6) is 11.5 Å². The number of halogens is 3. The topological polar surface area (TPSA) is 119 Å². The SMILES string of the molecule is CC[C@@H]1CN(C(=O)Nc2ccc(CN3CCN(C)CC3)c(C(F)(F)F)c2)Cc2cc(Oc3ccnc4[nH]c(C5(O)COC5)cc34)cnc21. The van der Waals surface area contributed by atoms with E-state index in [-0.39, 0.29) is 43.5 Å². The number of fused-ring (bicyclic) bond motifs is 2. The highest BCUT2D eigenvalue weighted by atomic mass is 19.4. The molecule has 0 aliphatic carbocycles. The predicted octanol–water partition coefficient (Wildman–Crippen LogP) is 5.28. The van der Waals surface area contributed by atoms with Crippen LogP contribution in [0, 0.1) is 0 Å². The number of nitrogens with one attached hydrogen (secondary N) is 2. The number of urea groups is 1. The van der Waals surface area contributed by atoms with Crippen LogP contribution in [0.2, 0.25) is 0 Å². The molecular formula is C34H38F3N7O4. The average Bonchev–Trinajstić information content (AvgIpc) is 3.50. The van der Waals surface area contributed by atoms with Gasteiger partial charge in [-0.3, -0.25) is 9.88 Å². The van der Waals surface area contributed by atoms with Gasteiger partial charge >= 0.3 is 12.2 Å². The number of hydrogen-bond acceptors (Lipinski definition) is 8. The lowest BCUT2D eigenvalue weighted by Crippen LogP contribution is -2.46. The Morgan fingerprint density at radius 2 is 1.94 bits per heavy atom. The number of pyridine rings is 2. The van der Waals surface area contributed by atoms with Gasteiger partial charge in [0, 0.05) is 63.6 Å². The summed E-state index contributed by atoms with van der Waals surface area (Å²) in [6.07, 6.45) is -0.595. The largest absolute Gasteiger partial charge is 0.455 e. The van der Waals surface area contributed by atoms with E-state index in [1.54, 1.807) is 35.5 Å². The van der Waals surface area contributed by atoms with Crippen LogP contribution >= 0.6 is 0 Å². The number of aromatic nitrogens is 3. The van der Waals surface area contributed by atoms with Crippen LogP contribution in [0.4, 0.5) is 23.7 Å². The molecule has 6 heterocycles. The third-order valence-electron chi connectivity index (χ3n) is 9.50. The summed E-state index contributed by atoms with van der Waals surface area (Å²) in [7, 11) is 2.00. The summed E-state index contributed by atoms with van der Waals surface area (Å²) in [5, 5.41) is 14.1. The van der Waals surface area contributed by atoms with Crippen molar-refractivity contribution in [2.75, 3.05) is 58.3 Å². The quantitative estimate of drug-likeness (QED) is 0.244. The number of amides is 2. The molecule has 3 aliphatic rings. The molecule has 254 valence electrons. The Bertz CT molecular complexity index is 1820. The van der Waals surface area contributed by atoms with Crippen molar-refractivity contribution in [2.45, 2.75) is 44.1 Å². The van der Waals surface area contributed by atoms with Crippen molar-refractivity contribution < 1.29 is 32.5 Å². The molecule has 1 atom stereocenters. The van der Waals surface area contributed by atoms with Crippen LogP contribution < -0.4 is 10.1 Å². The molecule has 2 fully saturated rings. The van der Waals surface area contributed by atoms with Crippen molar-refractivity contribution in [3.8, 4) is 11.5 Å². The lowest BCUT2D eigenvalue weighted by molar-refractivity contribution is -0.186. The van der Waals surface area contributed by atoms with E-state index in [4.69, 9.17) is 14.5 Å². The van der Waals surface area contributed by atoms with Gasteiger partial charge in [0.15, 0.2) is 5.60 Å². The number of carbonyl (C=O) groups excluding carboxylic acids is 1. The van der Waals surface area contributed by atoms with Gasteiger partial charge in [0.25, 0.3) is 0 Å². The van der Waals surface area contributed by atoms with Crippen LogP contribution in [-0.4, -0.2) is 93.8 Å². The van der Waals surface area contributed by atoms with E-state index < -0.39 is 23.4 Å². The van der Waals surface area contributed by atoms with Gasteiger partial charge in [-0.15, -0.1) is 0 Å². The standard InChI is InChI=1S/C34H38F3N7O4/c1-3-21-17-44(32(45)40-24-5-4-22(27(13-24)34(35,36)37)16-43-10-8-42(2)9-11-43)18-23-12-25(15-39-30(21)23)48-28-6-7-38-31-26(28)14-29(41-31)33(46)19-47-20-33/h4-7,12-15,21,46H,3,8-11,16-20H2,1-2H3,(H,38,41)(H,40,45)/t21-/m1/s1. The smallest absolute Gasteiger partial charge is 0.416 e. The molecule has 2 amide bonds. The zero-order chi connectivity index (χ0) is 33.6. The summed E-state index contributed by atoms with van der Waals surface area (Å²) >= 11 is 0. The third kappa shape index (κ3) is 6.44. The number of H-pyrrole nitrogens is 1. The van der Waals surface area contributed by atoms with Crippen LogP contribution in [0.25, 0.3) is 11.0 Å². The summed E-state index contributed by atoms with van der Waals surface area (Å²) in [6.45, 7) is 6.18. The molecule has 3 aliphatic heterocycles. The number of ether oxygens (including phenoxy) is 2. The summed E-state index contributed by atoms with van der Waals surface area (Å²) in [5.74, 6) is 0.912. The number of likely N-dealkylation sites (N-methyl/N-ethyl adjacent to an activating group) is 1. The van der Waals surface area contributed by atoms with Crippen molar-refractivity contribution >= 4 is 22.8 Å². The molecule has 0 bridgehead atoms. The Kier molecular flexibility index (Phi) is 8.52. The molecule has 0 saturated carbocycles. The number of rotatable bonds is 7. The van der Waals surface area contributed by atoms with E-state index in [9.17, 15) is 23.1 Å². The first-order valence-corrected chi connectivity index (χ1v) is 16.1. The summed E-state index contributed by atoms with van der Waals surface area (Å²) in [6, 6.07) is 8.92. The molecule has 7 rings (SSSR count). The van der Waals surface area contributed by atoms with Crippen molar-refractivity contribution in [1.29, 1.82) is 0 Å². The highest BCUT2D eigenvalue weighted by molar-refractivity contribution is 5.90. The number of hydrogen-bond donors (Lipinski definition) is 3. The fourth-order valence-corrected chi connectivity index (χ4v) is 6.57. The van der Waals surface area contributed by atoms with Crippen molar-refractivity contribution in [3.63, 3.8) is 0 Å². The van der Waals surface area contributed by atoms with E-state index in [0.717, 1.165) is 30.4 Å². The van der Waals surface area contributed by atoms with Gasteiger partial charge in [0.2, 0.25) is 0 Å². The minimum atomic E-state index is -4.56. The van der Waals surface area contributed by atoms with Crippen LogP contribution in [0.1, 0.15) is 47.3 Å². The predicted molar refractivity (Wildman–Crippen MR) is 172 cm³/mol. The Labute approximate surface area is 275 Å². The van der Waals surface area contributed by atoms with Gasteiger partial charge in [0.05, 0.1) is 41.7 Å². The van der Waals surface area contributed by atoms with E-state index in [1.165, 1.54) is 6.07 Å². The summed E-state index contributed by atoms with van der Waals surface area (Å²) in [4.78, 5) is 31.5. The van der Waals surface area contributed by atoms with Gasteiger partial charge in [-0.25, -0.2) is 9.78 Å².